The van der Waals surface area contributed by atoms with Crippen LogP contribution in [0, 0.1) is 0 Å². The van der Waals surface area contributed by atoms with Crippen molar-refractivity contribution < 1.29 is 4.79 Å². The Balaban J connectivity index is 2.32. The van der Waals surface area contributed by atoms with Gasteiger partial charge in [-0.25, -0.2) is 4.79 Å². The summed E-state index contributed by atoms with van der Waals surface area (Å²) < 4.78 is 0. The van der Waals surface area contributed by atoms with Crippen molar-refractivity contribution in [1.29, 1.82) is 0 Å². The molecule has 0 aromatic rings. The van der Waals surface area contributed by atoms with Crippen LogP contribution in [0.15, 0.2) is 0 Å². The zero-order valence-electron chi connectivity index (χ0n) is 9.92. The van der Waals surface area contributed by atoms with Crippen molar-refractivity contribution in [3.05, 3.63) is 0 Å². The molecule has 1 heterocycles. The van der Waals surface area contributed by atoms with E-state index < -0.39 is 0 Å². The molecule has 1 aliphatic heterocycles. The second-order valence-corrected chi connectivity index (χ2v) is 4.07. The van der Waals surface area contributed by atoms with Crippen LogP contribution in [0.4, 0.5) is 4.79 Å². The van der Waals surface area contributed by atoms with Gasteiger partial charge in [-0.3, -0.25) is 4.90 Å². The summed E-state index contributed by atoms with van der Waals surface area (Å²) in [6.07, 6.45) is 0. The molecule has 1 rings (SSSR count). The highest BCUT2D eigenvalue weighted by atomic mass is 16.2. The second-order valence-electron chi connectivity index (χ2n) is 4.07. The molecule has 1 unspecified atom stereocenters. The summed E-state index contributed by atoms with van der Waals surface area (Å²) in [5, 5.41) is 5.96. The molecule has 0 radical (unpaired) electrons. The lowest BCUT2D eigenvalue weighted by Gasteiger charge is -2.33. The van der Waals surface area contributed by atoms with Gasteiger partial charge in [-0.15, -0.1) is 0 Å². The van der Waals surface area contributed by atoms with Gasteiger partial charge in [0.25, 0.3) is 0 Å². The standard InChI is InChI=1S/C10H22N4O/c1-9(13(3)10(15)11-2)8-14-6-4-12-5-7-14/h9,12H,4-8H2,1-3H3,(H,11,15). The minimum Gasteiger partial charge on any atom is -0.341 e. The first-order valence-electron chi connectivity index (χ1n) is 5.52. The van der Waals surface area contributed by atoms with E-state index in [0.717, 1.165) is 32.7 Å². The van der Waals surface area contributed by atoms with E-state index in [2.05, 4.69) is 22.5 Å². The number of nitrogens with one attached hydrogen (secondary N) is 2. The van der Waals surface area contributed by atoms with E-state index >= 15 is 0 Å². The fourth-order valence-electron chi connectivity index (χ4n) is 1.77. The first-order valence-corrected chi connectivity index (χ1v) is 5.52. The first-order chi connectivity index (χ1) is 7.15. The largest absolute Gasteiger partial charge is 0.341 e. The molecule has 5 nitrogen and oxygen atoms in total. The molecular formula is C10H22N4O. The Morgan fingerprint density at radius 2 is 2.13 bits per heavy atom. The summed E-state index contributed by atoms with van der Waals surface area (Å²) in [5.74, 6) is 0. The summed E-state index contributed by atoms with van der Waals surface area (Å²) in [4.78, 5) is 15.5. The molecule has 1 fully saturated rings. The molecular weight excluding hydrogens is 192 g/mol. The third kappa shape index (κ3) is 3.68. The van der Waals surface area contributed by atoms with Crippen molar-refractivity contribution in [1.82, 2.24) is 20.4 Å². The van der Waals surface area contributed by atoms with Gasteiger partial charge in [0.2, 0.25) is 0 Å². The Bertz CT molecular complexity index is 204. The molecule has 0 spiro atoms. The average molecular weight is 214 g/mol. The Labute approximate surface area is 91.8 Å². The lowest BCUT2D eigenvalue weighted by atomic mass is 10.2. The fraction of sp³-hybridized carbons (Fsp3) is 0.900. The number of nitrogens with zero attached hydrogens (tertiary/aromatic N) is 2. The number of piperazine rings is 1. The zero-order valence-corrected chi connectivity index (χ0v) is 9.92. The van der Waals surface area contributed by atoms with Crippen LogP contribution in [-0.2, 0) is 0 Å². The molecule has 0 saturated carbocycles. The van der Waals surface area contributed by atoms with Crippen LogP contribution in [0.25, 0.3) is 0 Å². The van der Waals surface area contributed by atoms with Crippen molar-refractivity contribution in [2.24, 2.45) is 0 Å². The van der Waals surface area contributed by atoms with Gasteiger partial charge in [0.05, 0.1) is 0 Å². The maximum absolute atomic E-state index is 11.4. The average Bonchev–Trinajstić information content (AvgIpc) is 2.28. The van der Waals surface area contributed by atoms with Crippen molar-refractivity contribution >= 4 is 6.03 Å². The first kappa shape index (κ1) is 12.3. The summed E-state index contributed by atoms with van der Waals surface area (Å²) in [6.45, 7) is 7.29. The monoisotopic (exact) mass is 214 g/mol. The molecule has 2 N–H and O–H groups in total. The number of amides is 2. The third-order valence-electron chi connectivity index (χ3n) is 2.93. The Morgan fingerprint density at radius 1 is 1.53 bits per heavy atom. The number of hydrogen-bond acceptors (Lipinski definition) is 3. The van der Waals surface area contributed by atoms with Crippen LogP contribution in [0.5, 0.6) is 0 Å². The van der Waals surface area contributed by atoms with Crippen molar-refractivity contribution in [3.8, 4) is 0 Å². The number of rotatable bonds is 3. The summed E-state index contributed by atoms with van der Waals surface area (Å²) >= 11 is 0. The normalized spacial score (nSPS) is 19.7. The van der Waals surface area contributed by atoms with E-state index in [1.165, 1.54) is 0 Å². The van der Waals surface area contributed by atoms with Gasteiger partial charge >= 0.3 is 6.03 Å². The molecule has 5 heteroatoms. The third-order valence-corrected chi connectivity index (χ3v) is 2.93. The highest BCUT2D eigenvalue weighted by molar-refractivity contribution is 5.73. The Hall–Kier alpha value is -0.810. The lowest BCUT2D eigenvalue weighted by molar-refractivity contribution is 0.159. The van der Waals surface area contributed by atoms with Crippen LogP contribution >= 0.6 is 0 Å². The summed E-state index contributed by atoms with van der Waals surface area (Å²) in [7, 11) is 3.50. The van der Waals surface area contributed by atoms with Gasteiger partial charge in [-0.2, -0.15) is 0 Å². The van der Waals surface area contributed by atoms with E-state index in [1.807, 2.05) is 7.05 Å². The van der Waals surface area contributed by atoms with Crippen LogP contribution in [-0.4, -0.2) is 68.7 Å². The zero-order chi connectivity index (χ0) is 11.3. The van der Waals surface area contributed by atoms with Crippen LogP contribution in [0.2, 0.25) is 0 Å². The fourth-order valence-corrected chi connectivity index (χ4v) is 1.77. The van der Waals surface area contributed by atoms with Gasteiger partial charge in [-0.05, 0) is 6.92 Å². The minimum atomic E-state index is -0.0161. The quantitative estimate of drug-likeness (QED) is 0.669. The Morgan fingerprint density at radius 3 is 2.67 bits per heavy atom. The smallest absolute Gasteiger partial charge is 0.317 e. The van der Waals surface area contributed by atoms with Crippen LogP contribution in [0.3, 0.4) is 0 Å². The lowest BCUT2D eigenvalue weighted by Crippen LogP contribution is -2.51. The summed E-state index contributed by atoms with van der Waals surface area (Å²) in [6, 6.07) is 0.237. The SMILES string of the molecule is CNC(=O)N(C)C(C)CN1CCNCC1. The minimum absolute atomic E-state index is 0.0161. The molecule has 0 bridgehead atoms. The van der Waals surface area contributed by atoms with E-state index in [1.54, 1.807) is 11.9 Å². The van der Waals surface area contributed by atoms with E-state index in [4.69, 9.17) is 0 Å². The molecule has 1 atom stereocenters. The number of carbonyl (C=O) groups is 1. The van der Waals surface area contributed by atoms with E-state index in [0.29, 0.717) is 0 Å². The van der Waals surface area contributed by atoms with Crippen molar-refractivity contribution in [2.75, 3.05) is 46.8 Å². The van der Waals surface area contributed by atoms with Gasteiger partial charge < -0.3 is 15.5 Å². The number of carbonyl (C=O) groups excluding carboxylic acids is 1. The molecule has 1 saturated heterocycles. The molecule has 0 aromatic heterocycles. The number of hydrogen-bond donors (Lipinski definition) is 2. The van der Waals surface area contributed by atoms with Crippen molar-refractivity contribution in [2.45, 2.75) is 13.0 Å². The van der Waals surface area contributed by atoms with E-state index in [-0.39, 0.29) is 12.1 Å². The van der Waals surface area contributed by atoms with Crippen LogP contribution in [0.1, 0.15) is 6.92 Å². The van der Waals surface area contributed by atoms with Gasteiger partial charge in [-0.1, -0.05) is 0 Å². The predicted molar refractivity (Wildman–Crippen MR) is 61.0 cm³/mol. The molecule has 0 aliphatic carbocycles. The molecule has 0 aromatic carbocycles. The van der Waals surface area contributed by atoms with Gasteiger partial charge in [0.1, 0.15) is 0 Å². The molecule has 88 valence electrons. The van der Waals surface area contributed by atoms with Crippen molar-refractivity contribution in [3.63, 3.8) is 0 Å². The van der Waals surface area contributed by atoms with E-state index in [9.17, 15) is 4.79 Å². The number of likely N-dealkylation sites (N-methyl/N-ethyl adjacent to an activating group) is 1. The highest BCUT2D eigenvalue weighted by Gasteiger charge is 2.18. The predicted octanol–water partition coefficient (Wildman–Crippen LogP) is -0.449. The molecule has 2 amide bonds. The van der Waals surface area contributed by atoms with Gasteiger partial charge in [0, 0.05) is 52.9 Å². The number of urea groups is 1. The second kappa shape index (κ2) is 5.92. The topological polar surface area (TPSA) is 47.6 Å². The molecule has 1 aliphatic rings. The maximum Gasteiger partial charge on any atom is 0.317 e. The molecule has 15 heavy (non-hydrogen) atoms. The van der Waals surface area contributed by atoms with Gasteiger partial charge in [0.15, 0.2) is 0 Å². The maximum atomic E-state index is 11.4. The Kier molecular flexibility index (Phi) is 4.84. The van der Waals surface area contributed by atoms with Crippen LogP contribution < -0.4 is 10.6 Å². The summed E-state index contributed by atoms with van der Waals surface area (Å²) in [5.41, 5.74) is 0. The highest BCUT2D eigenvalue weighted by Crippen LogP contribution is 2.01.